The molecule has 17 heavy (non-hydrogen) atoms. The van der Waals surface area contributed by atoms with Crippen molar-refractivity contribution in [1.29, 1.82) is 0 Å². The van der Waals surface area contributed by atoms with Crippen LogP contribution in [0.25, 0.3) is 11.2 Å². The lowest BCUT2D eigenvalue weighted by molar-refractivity contribution is 0.704. The summed E-state index contributed by atoms with van der Waals surface area (Å²) in [4.78, 5) is 33.6. The third-order valence-electron chi connectivity index (χ3n) is 2.60. The third kappa shape index (κ3) is 1.59. The van der Waals surface area contributed by atoms with E-state index in [-0.39, 0.29) is 5.52 Å². The fourth-order valence-corrected chi connectivity index (χ4v) is 1.53. The molecule has 0 spiro atoms. The highest BCUT2D eigenvalue weighted by Crippen LogP contribution is 2.08. The number of fused-ring (bicyclic) bond motifs is 1. The van der Waals surface area contributed by atoms with Gasteiger partial charge in [0.2, 0.25) is 0 Å². The lowest BCUT2D eigenvalue weighted by Gasteiger charge is -2.12. The van der Waals surface area contributed by atoms with Crippen LogP contribution in [0, 0.1) is 0 Å². The molecule has 0 aliphatic carbocycles. The molecule has 0 fully saturated rings. The molecule has 0 bridgehead atoms. The van der Waals surface area contributed by atoms with Crippen molar-refractivity contribution < 1.29 is 0 Å². The minimum absolute atomic E-state index is 0.195. The molecular formula is C10H13N5O2. The topological polar surface area (TPSA) is 73.0 Å². The Morgan fingerprint density at radius 1 is 1.18 bits per heavy atom. The molecule has 90 valence electrons. The van der Waals surface area contributed by atoms with Gasteiger partial charge in [-0.3, -0.25) is 13.9 Å². The summed E-state index contributed by atoms with van der Waals surface area (Å²) in [6.07, 6.45) is 1.51. The quantitative estimate of drug-likeness (QED) is 0.640. The van der Waals surface area contributed by atoms with Gasteiger partial charge in [-0.2, -0.15) is 0 Å². The SMILES string of the molecule is CN(C)c1cnc2c(=O)n(C)c(=O)n(C)c2n1. The summed E-state index contributed by atoms with van der Waals surface area (Å²) < 4.78 is 2.34. The van der Waals surface area contributed by atoms with E-state index < -0.39 is 11.2 Å². The van der Waals surface area contributed by atoms with E-state index in [4.69, 9.17) is 0 Å². The second kappa shape index (κ2) is 3.69. The molecule has 0 amide bonds. The van der Waals surface area contributed by atoms with Crippen LogP contribution >= 0.6 is 0 Å². The van der Waals surface area contributed by atoms with E-state index in [0.29, 0.717) is 11.5 Å². The summed E-state index contributed by atoms with van der Waals surface area (Å²) in [6, 6.07) is 0. The van der Waals surface area contributed by atoms with E-state index in [9.17, 15) is 9.59 Å². The van der Waals surface area contributed by atoms with Gasteiger partial charge in [-0.15, -0.1) is 0 Å². The standard InChI is InChI=1S/C10H13N5O2/c1-13(2)6-5-11-7-8(12-6)14(3)10(17)15(4)9(7)16/h5H,1-4H3. The highest BCUT2D eigenvalue weighted by atomic mass is 16.2. The van der Waals surface area contributed by atoms with Crippen LogP contribution < -0.4 is 16.1 Å². The number of rotatable bonds is 1. The van der Waals surface area contributed by atoms with Gasteiger partial charge in [0, 0.05) is 28.2 Å². The maximum atomic E-state index is 11.8. The second-order valence-electron chi connectivity index (χ2n) is 4.00. The monoisotopic (exact) mass is 235 g/mol. The lowest BCUT2D eigenvalue weighted by atomic mass is 10.4. The molecule has 0 saturated heterocycles. The number of hydrogen-bond acceptors (Lipinski definition) is 5. The van der Waals surface area contributed by atoms with Crippen molar-refractivity contribution in [3.05, 3.63) is 27.0 Å². The van der Waals surface area contributed by atoms with Crippen molar-refractivity contribution in [2.45, 2.75) is 0 Å². The van der Waals surface area contributed by atoms with Gasteiger partial charge in [-0.1, -0.05) is 0 Å². The average molecular weight is 235 g/mol. The number of aryl methyl sites for hydroxylation is 1. The Balaban J connectivity index is 2.97. The smallest absolute Gasteiger partial charge is 0.332 e. The molecule has 0 N–H and O–H groups in total. The van der Waals surface area contributed by atoms with Gasteiger partial charge < -0.3 is 4.90 Å². The van der Waals surface area contributed by atoms with Gasteiger partial charge in [0.15, 0.2) is 11.2 Å². The summed E-state index contributed by atoms with van der Waals surface area (Å²) in [7, 11) is 6.62. The van der Waals surface area contributed by atoms with Crippen LogP contribution in [-0.4, -0.2) is 33.2 Å². The van der Waals surface area contributed by atoms with Gasteiger partial charge in [0.05, 0.1) is 6.20 Å². The molecule has 2 heterocycles. The van der Waals surface area contributed by atoms with E-state index in [0.717, 1.165) is 4.57 Å². The van der Waals surface area contributed by atoms with Crippen molar-refractivity contribution in [3.8, 4) is 0 Å². The molecule has 2 aromatic heterocycles. The predicted molar refractivity (Wildman–Crippen MR) is 64.3 cm³/mol. The van der Waals surface area contributed by atoms with Crippen LogP contribution in [0.2, 0.25) is 0 Å². The first kappa shape index (κ1) is 11.3. The molecule has 0 atom stereocenters. The molecule has 2 aromatic rings. The Morgan fingerprint density at radius 2 is 1.82 bits per heavy atom. The maximum absolute atomic E-state index is 11.8. The molecule has 7 nitrogen and oxygen atoms in total. The van der Waals surface area contributed by atoms with Crippen LogP contribution in [0.15, 0.2) is 15.8 Å². The Labute approximate surface area is 97.0 Å². The fourth-order valence-electron chi connectivity index (χ4n) is 1.53. The zero-order valence-electron chi connectivity index (χ0n) is 10.1. The second-order valence-corrected chi connectivity index (χ2v) is 4.00. The zero-order valence-corrected chi connectivity index (χ0v) is 10.1. The Bertz CT molecular complexity index is 698. The van der Waals surface area contributed by atoms with E-state index in [1.54, 1.807) is 11.9 Å². The van der Waals surface area contributed by atoms with Crippen LogP contribution in [0.1, 0.15) is 0 Å². The molecular weight excluding hydrogens is 222 g/mol. The van der Waals surface area contributed by atoms with Crippen LogP contribution in [0.5, 0.6) is 0 Å². The van der Waals surface area contributed by atoms with Crippen LogP contribution in [-0.2, 0) is 14.1 Å². The summed E-state index contributed by atoms with van der Waals surface area (Å²) in [5.74, 6) is 0.598. The van der Waals surface area contributed by atoms with Crippen molar-refractivity contribution in [2.75, 3.05) is 19.0 Å². The summed E-state index contributed by atoms with van der Waals surface area (Å²) in [5.41, 5.74) is -0.349. The normalized spacial score (nSPS) is 10.8. The number of aromatic nitrogens is 4. The van der Waals surface area contributed by atoms with Gasteiger partial charge in [0.1, 0.15) is 5.82 Å². The van der Waals surface area contributed by atoms with Gasteiger partial charge in [-0.05, 0) is 0 Å². The summed E-state index contributed by atoms with van der Waals surface area (Å²) >= 11 is 0. The minimum Gasteiger partial charge on any atom is -0.361 e. The summed E-state index contributed by atoms with van der Waals surface area (Å²) in [5, 5.41) is 0. The van der Waals surface area contributed by atoms with Crippen molar-refractivity contribution in [1.82, 2.24) is 19.1 Å². The minimum atomic E-state index is -0.430. The Morgan fingerprint density at radius 3 is 2.41 bits per heavy atom. The van der Waals surface area contributed by atoms with E-state index in [2.05, 4.69) is 9.97 Å². The maximum Gasteiger partial charge on any atom is 0.332 e. The van der Waals surface area contributed by atoms with Crippen molar-refractivity contribution >= 4 is 17.0 Å². The fraction of sp³-hybridized carbons (Fsp3) is 0.400. The van der Waals surface area contributed by atoms with Gasteiger partial charge >= 0.3 is 5.69 Å². The average Bonchev–Trinajstić information content (AvgIpc) is 2.32. The first-order valence-electron chi connectivity index (χ1n) is 5.03. The summed E-state index contributed by atoms with van der Waals surface area (Å²) in [6.45, 7) is 0. The predicted octanol–water partition coefficient (Wildman–Crippen LogP) is -0.907. The number of hydrogen-bond donors (Lipinski definition) is 0. The van der Waals surface area contributed by atoms with E-state index >= 15 is 0 Å². The van der Waals surface area contributed by atoms with E-state index in [1.807, 2.05) is 14.1 Å². The largest absolute Gasteiger partial charge is 0.361 e. The molecule has 0 saturated carbocycles. The molecule has 2 rings (SSSR count). The van der Waals surface area contributed by atoms with Gasteiger partial charge in [0.25, 0.3) is 5.56 Å². The Hall–Kier alpha value is -2.18. The zero-order chi connectivity index (χ0) is 12.7. The van der Waals surface area contributed by atoms with Crippen molar-refractivity contribution in [2.24, 2.45) is 14.1 Å². The van der Waals surface area contributed by atoms with Crippen LogP contribution in [0.3, 0.4) is 0 Å². The number of nitrogens with zero attached hydrogens (tertiary/aromatic N) is 5. The highest BCUT2D eigenvalue weighted by Gasteiger charge is 2.11. The van der Waals surface area contributed by atoms with Crippen LogP contribution in [0.4, 0.5) is 5.82 Å². The first-order chi connectivity index (χ1) is 7.93. The van der Waals surface area contributed by atoms with E-state index in [1.165, 1.54) is 17.8 Å². The third-order valence-corrected chi connectivity index (χ3v) is 2.60. The molecule has 0 aliphatic rings. The first-order valence-corrected chi connectivity index (χ1v) is 5.03. The molecule has 0 radical (unpaired) electrons. The Kier molecular flexibility index (Phi) is 2.45. The molecule has 7 heteroatoms. The highest BCUT2D eigenvalue weighted by molar-refractivity contribution is 5.70. The lowest BCUT2D eigenvalue weighted by Crippen LogP contribution is -2.37. The molecule has 0 unspecified atom stereocenters. The number of anilines is 1. The molecule has 0 aliphatic heterocycles. The van der Waals surface area contributed by atoms with Gasteiger partial charge in [-0.25, -0.2) is 14.8 Å². The van der Waals surface area contributed by atoms with Crippen molar-refractivity contribution in [3.63, 3.8) is 0 Å². The molecule has 0 aromatic carbocycles.